The van der Waals surface area contributed by atoms with E-state index in [2.05, 4.69) is 47.1 Å². The minimum Gasteiger partial charge on any atom is -0.470 e. The summed E-state index contributed by atoms with van der Waals surface area (Å²) in [5, 5.41) is 5.21. The Morgan fingerprint density at radius 2 is 2.12 bits per heavy atom. The van der Waals surface area contributed by atoms with Gasteiger partial charge in [0.05, 0.1) is 22.9 Å². The van der Waals surface area contributed by atoms with Gasteiger partial charge in [-0.15, -0.1) is 0 Å². The molecule has 5 nitrogen and oxygen atoms in total. The second-order valence-electron chi connectivity index (χ2n) is 6.86. The number of hydrogen-bond acceptors (Lipinski definition) is 5. The fourth-order valence-corrected chi connectivity index (χ4v) is 4.25. The topological polar surface area (TPSA) is 52.8 Å². The molecule has 0 amide bonds. The second kappa shape index (κ2) is 7.12. The number of benzene rings is 1. The van der Waals surface area contributed by atoms with E-state index in [1.165, 1.54) is 23.1 Å². The van der Waals surface area contributed by atoms with E-state index < -0.39 is 0 Å². The normalized spacial score (nSPS) is 15.8. The van der Waals surface area contributed by atoms with Crippen LogP contribution in [-0.4, -0.2) is 26.4 Å². The highest BCUT2D eigenvalue weighted by atomic mass is 32.1. The van der Waals surface area contributed by atoms with Gasteiger partial charge in [-0.05, 0) is 42.4 Å². The van der Waals surface area contributed by atoms with Crippen LogP contribution in [0.4, 0.5) is 0 Å². The Morgan fingerprint density at radius 1 is 1.28 bits per heavy atom. The zero-order chi connectivity index (χ0) is 17.2. The minimum absolute atomic E-state index is 0.208. The van der Waals surface area contributed by atoms with E-state index in [-0.39, 0.29) is 6.04 Å². The van der Waals surface area contributed by atoms with Crippen LogP contribution < -0.4 is 4.74 Å². The molecule has 0 N–H and O–H groups in total. The second-order valence-corrected chi connectivity index (χ2v) is 7.85. The van der Waals surface area contributed by atoms with E-state index in [0.29, 0.717) is 5.92 Å². The van der Waals surface area contributed by atoms with Crippen LogP contribution in [0.1, 0.15) is 51.1 Å². The number of hydrogen-bond donors (Lipinski definition) is 0. The van der Waals surface area contributed by atoms with Crippen LogP contribution in [-0.2, 0) is 0 Å². The van der Waals surface area contributed by atoms with Crippen LogP contribution in [0.3, 0.4) is 0 Å². The number of ether oxygens (including phenoxy) is 1. The smallest absolute Gasteiger partial charge is 0.274 e. The average molecular weight is 356 g/mol. The first-order chi connectivity index (χ1) is 12.3. The van der Waals surface area contributed by atoms with Crippen LogP contribution in [0.15, 0.2) is 30.9 Å². The summed E-state index contributed by atoms with van der Waals surface area (Å²) < 4.78 is 9.03. The summed E-state index contributed by atoms with van der Waals surface area (Å²) in [7, 11) is 0. The molecule has 0 radical (unpaired) electrons. The standard InChI is InChI=1S/C19H24N4OS/c1-3-14(4-2)18(23-12-20-11-21-23)15-7-8-16-17(9-15)25-19(22-16)24-10-13-5-6-13/h7-9,11-14,18H,3-6,10H2,1-2H3. The molecule has 1 aromatic carbocycles. The van der Waals surface area contributed by atoms with Gasteiger partial charge in [0.15, 0.2) is 0 Å². The molecule has 3 aromatic rings. The first-order valence-corrected chi connectivity index (χ1v) is 9.97. The van der Waals surface area contributed by atoms with E-state index in [0.717, 1.165) is 36.1 Å². The number of thiazole rings is 1. The highest BCUT2D eigenvalue weighted by Crippen LogP contribution is 2.36. The largest absolute Gasteiger partial charge is 0.470 e. The van der Waals surface area contributed by atoms with Crippen molar-refractivity contribution in [1.82, 2.24) is 19.7 Å². The molecule has 2 aromatic heterocycles. The van der Waals surface area contributed by atoms with Gasteiger partial charge < -0.3 is 4.74 Å². The number of rotatable bonds is 8. The van der Waals surface area contributed by atoms with E-state index in [1.54, 1.807) is 17.7 Å². The molecule has 1 aliphatic carbocycles. The highest BCUT2D eigenvalue weighted by molar-refractivity contribution is 7.20. The zero-order valence-corrected chi connectivity index (χ0v) is 15.6. The third-order valence-electron chi connectivity index (χ3n) is 5.09. The lowest BCUT2D eigenvalue weighted by atomic mass is 9.89. The summed E-state index contributed by atoms with van der Waals surface area (Å²) in [5.74, 6) is 1.27. The van der Waals surface area contributed by atoms with Gasteiger partial charge >= 0.3 is 0 Å². The maximum Gasteiger partial charge on any atom is 0.274 e. The molecule has 4 rings (SSSR count). The lowest BCUT2D eigenvalue weighted by Crippen LogP contribution is -2.20. The third kappa shape index (κ3) is 3.54. The highest BCUT2D eigenvalue weighted by Gasteiger charge is 2.25. The fraction of sp³-hybridized carbons (Fsp3) is 0.526. The van der Waals surface area contributed by atoms with Crippen molar-refractivity contribution in [3.8, 4) is 5.19 Å². The molecule has 6 heteroatoms. The van der Waals surface area contributed by atoms with Crippen molar-refractivity contribution >= 4 is 21.6 Å². The Hall–Kier alpha value is -1.95. The molecule has 25 heavy (non-hydrogen) atoms. The van der Waals surface area contributed by atoms with Crippen molar-refractivity contribution in [3.05, 3.63) is 36.4 Å². The molecular formula is C19H24N4OS. The van der Waals surface area contributed by atoms with Crippen LogP contribution in [0.2, 0.25) is 0 Å². The van der Waals surface area contributed by atoms with Gasteiger partial charge in [0.1, 0.15) is 12.7 Å². The zero-order valence-electron chi connectivity index (χ0n) is 14.8. The quantitative estimate of drug-likeness (QED) is 0.587. The number of nitrogens with zero attached hydrogens (tertiary/aromatic N) is 4. The van der Waals surface area contributed by atoms with Gasteiger partial charge in [-0.3, -0.25) is 0 Å². The Balaban J connectivity index is 1.65. The Bertz CT molecular complexity index is 821. The predicted octanol–water partition coefficient (Wildman–Crippen LogP) is 4.70. The van der Waals surface area contributed by atoms with Crippen molar-refractivity contribution in [1.29, 1.82) is 0 Å². The maximum absolute atomic E-state index is 5.86. The van der Waals surface area contributed by atoms with E-state index in [4.69, 9.17) is 4.74 Å². The molecule has 132 valence electrons. The Labute approximate surface area is 152 Å². The summed E-state index contributed by atoms with van der Waals surface area (Å²) in [6.45, 7) is 5.29. The fourth-order valence-electron chi connectivity index (χ4n) is 3.38. The monoisotopic (exact) mass is 356 g/mol. The maximum atomic E-state index is 5.86. The molecule has 0 saturated heterocycles. The van der Waals surface area contributed by atoms with Gasteiger partial charge in [-0.1, -0.05) is 44.1 Å². The van der Waals surface area contributed by atoms with Crippen molar-refractivity contribution in [3.63, 3.8) is 0 Å². The first-order valence-electron chi connectivity index (χ1n) is 9.15. The van der Waals surface area contributed by atoms with Crippen molar-refractivity contribution in [2.75, 3.05) is 6.61 Å². The summed E-state index contributed by atoms with van der Waals surface area (Å²) in [6.07, 6.45) is 8.25. The molecule has 1 saturated carbocycles. The van der Waals surface area contributed by atoms with Crippen LogP contribution in [0.25, 0.3) is 10.2 Å². The molecule has 1 fully saturated rings. The lowest BCUT2D eigenvalue weighted by molar-refractivity contribution is 0.299. The minimum atomic E-state index is 0.208. The summed E-state index contributed by atoms with van der Waals surface area (Å²) in [5.41, 5.74) is 2.28. The molecular weight excluding hydrogens is 332 g/mol. The number of aromatic nitrogens is 4. The molecule has 1 unspecified atom stereocenters. The Kier molecular flexibility index (Phi) is 4.70. The van der Waals surface area contributed by atoms with Gasteiger partial charge in [-0.2, -0.15) is 5.10 Å². The Morgan fingerprint density at radius 3 is 2.80 bits per heavy atom. The van der Waals surface area contributed by atoms with Crippen molar-refractivity contribution in [2.45, 2.75) is 45.6 Å². The summed E-state index contributed by atoms with van der Waals surface area (Å²) in [6, 6.07) is 6.75. The number of fused-ring (bicyclic) bond motifs is 1. The van der Waals surface area contributed by atoms with Crippen LogP contribution >= 0.6 is 11.3 Å². The molecule has 0 aliphatic heterocycles. The first kappa shape index (κ1) is 16.5. The van der Waals surface area contributed by atoms with Gasteiger partial charge in [0, 0.05) is 0 Å². The van der Waals surface area contributed by atoms with Crippen molar-refractivity contribution < 1.29 is 4.74 Å². The average Bonchev–Trinajstić information content (AvgIpc) is 3.14. The van der Waals surface area contributed by atoms with Gasteiger partial charge in [-0.25, -0.2) is 14.6 Å². The summed E-state index contributed by atoms with van der Waals surface area (Å²) >= 11 is 1.64. The van der Waals surface area contributed by atoms with E-state index in [9.17, 15) is 0 Å². The third-order valence-corrected chi connectivity index (χ3v) is 6.02. The molecule has 1 aliphatic rings. The van der Waals surface area contributed by atoms with Crippen LogP contribution in [0, 0.1) is 11.8 Å². The van der Waals surface area contributed by atoms with Gasteiger partial charge in [0.2, 0.25) is 0 Å². The molecule has 2 heterocycles. The molecule has 0 bridgehead atoms. The van der Waals surface area contributed by atoms with Crippen molar-refractivity contribution in [2.24, 2.45) is 11.8 Å². The van der Waals surface area contributed by atoms with Gasteiger partial charge in [0.25, 0.3) is 5.19 Å². The molecule has 1 atom stereocenters. The SMILES string of the molecule is CCC(CC)C(c1ccc2nc(OCC3CC3)sc2c1)n1cncn1. The molecule has 0 spiro atoms. The summed E-state index contributed by atoms with van der Waals surface area (Å²) in [4.78, 5) is 8.78. The predicted molar refractivity (Wildman–Crippen MR) is 100 cm³/mol. The van der Waals surface area contributed by atoms with E-state index in [1.807, 2.05) is 11.0 Å². The lowest BCUT2D eigenvalue weighted by Gasteiger charge is -2.25. The van der Waals surface area contributed by atoms with E-state index >= 15 is 0 Å². The van der Waals surface area contributed by atoms with Crippen LogP contribution in [0.5, 0.6) is 5.19 Å².